The van der Waals surface area contributed by atoms with Gasteiger partial charge in [-0.3, -0.25) is 14.6 Å². The Morgan fingerprint density at radius 1 is 1.09 bits per heavy atom. The number of aromatic nitrogens is 1. The number of hydrogen-bond acceptors (Lipinski definition) is 6. The van der Waals surface area contributed by atoms with Gasteiger partial charge in [0.15, 0.2) is 0 Å². The maximum absolute atomic E-state index is 14.7. The van der Waals surface area contributed by atoms with E-state index in [2.05, 4.69) is 9.71 Å². The van der Waals surface area contributed by atoms with E-state index in [4.69, 9.17) is 27.9 Å². The largest absolute Gasteiger partial charge is 0.481 e. The van der Waals surface area contributed by atoms with Crippen molar-refractivity contribution >= 4 is 45.1 Å². The summed E-state index contributed by atoms with van der Waals surface area (Å²) in [6, 6.07) is 15.0. The first-order valence-electron chi connectivity index (χ1n) is 14.3. The first-order valence-corrected chi connectivity index (χ1v) is 16.6. The molecule has 3 aliphatic rings. The zero-order chi connectivity index (χ0) is 31.2. The van der Waals surface area contributed by atoms with E-state index < -0.39 is 63.2 Å². The van der Waals surface area contributed by atoms with Crippen LogP contribution in [0, 0.1) is 11.7 Å². The number of aliphatic carboxylic acids is 1. The molecule has 2 aromatic carbocycles. The minimum atomic E-state index is -4.12. The summed E-state index contributed by atoms with van der Waals surface area (Å²) in [7, 11) is -4.12. The lowest BCUT2D eigenvalue weighted by molar-refractivity contribution is -0.184. The second kappa shape index (κ2) is 12.0. The molecule has 3 aromatic rings. The molecule has 2 heterocycles. The zero-order valence-electron chi connectivity index (χ0n) is 23.4. The molecule has 6 rings (SSSR count). The number of nitrogens with zero attached hydrogens (tertiary/aromatic N) is 2. The van der Waals surface area contributed by atoms with Crippen molar-refractivity contribution in [3.8, 4) is 0 Å². The Balaban J connectivity index is 1.40. The summed E-state index contributed by atoms with van der Waals surface area (Å²) in [6.45, 7) is -0.152. The van der Waals surface area contributed by atoms with Crippen LogP contribution in [-0.2, 0) is 29.1 Å². The summed E-state index contributed by atoms with van der Waals surface area (Å²) in [4.78, 5) is 31.7. The third-order valence-electron chi connectivity index (χ3n) is 8.59. The number of morpholine rings is 1. The molecule has 232 valence electrons. The number of pyridine rings is 1. The van der Waals surface area contributed by atoms with Crippen molar-refractivity contribution in [2.24, 2.45) is 5.92 Å². The number of amides is 1. The van der Waals surface area contributed by atoms with Gasteiger partial charge in [0.05, 0.1) is 18.2 Å². The van der Waals surface area contributed by atoms with E-state index in [0.717, 1.165) is 12.8 Å². The highest BCUT2D eigenvalue weighted by molar-refractivity contribution is 7.90. The molecule has 4 atom stereocenters. The molecular weight excluding hydrogens is 632 g/mol. The molecule has 1 amide bonds. The maximum atomic E-state index is 14.7. The standard InChI is InChI=1S/C31H30Cl2FN3O6S/c32-21-10-8-19(9-11-21)27-28(20-3-1-4-22(33)15-20)43-25(16-26(38)39)30(40)37(27)24(18-6-7-18)17-36-44(41,42)31(12-13-31)29-23(34)5-2-14-35-29/h1-5,8-11,14-15,18,24-25,27-28,36H,6-7,12-13,16-17H2,(H,38,39)/t24-,25+,27-,28-/m1/s1. The van der Waals surface area contributed by atoms with Crippen LogP contribution < -0.4 is 4.72 Å². The molecule has 9 nitrogen and oxygen atoms in total. The number of carbonyl (C=O) groups excluding carboxylic acids is 1. The molecule has 2 aliphatic carbocycles. The second-order valence-corrected chi connectivity index (χ2v) is 14.5. The average molecular weight is 663 g/mol. The second-order valence-electron chi connectivity index (χ2n) is 11.5. The van der Waals surface area contributed by atoms with Crippen molar-refractivity contribution in [3.05, 3.63) is 99.5 Å². The fourth-order valence-electron chi connectivity index (χ4n) is 6.14. The average Bonchev–Trinajstić information content (AvgIpc) is 3.90. The Hall–Kier alpha value is -3.09. The van der Waals surface area contributed by atoms with E-state index in [9.17, 15) is 27.5 Å². The summed E-state index contributed by atoms with van der Waals surface area (Å²) in [5.74, 6) is -2.52. The highest BCUT2D eigenvalue weighted by Crippen LogP contribution is 2.53. The number of sulfonamides is 1. The fourth-order valence-corrected chi connectivity index (χ4v) is 8.17. The summed E-state index contributed by atoms with van der Waals surface area (Å²) in [6.07, 6.45) is 0.555. The molecule has 13 heteroatoms. The van der Waals surface area contributed by atoms with Gasteiger partial charge in [0.2, 0.25) is 10.0 Å². The maximum Gasteiger partial charge on any atom is 0.306 e. The lowest BCUT2D eigenvalue weighted by Crippen LogP contribution is -2.58. The van der Waals surface area contributed by atoms with Gasteiger partial charge in [-0.1, -0.05) is 47.5 Å². The van der Waals surface area contributed by atoms with Gasteiger partial charge in [-0.15, -0.1) is 0 Å². The van der Waals surface area contributed by atoms with Crippen molar-refractivity contribution in [3.63, 3.8) is 0 Å². The first kappa shape index (κ1) is 30.9. The van der Waals surface area contributed by atoms with E-state index in [1.54, 1.807) is 53.4 Å². The SMILES string of the molecule is O=C(O)C[C@@H]1O[C@H](c2cccc(Cl)c2)[C@@H](c2ccc(Cl)cc2)N([C@H](CNS(=O)(=O)C2(c3ncccc3F)CC2)C2CC2)C1=O. The smallest absolute Gasteiger partial charge is 0.306 e. The topological polar surface area (TPSA) is 126 Å². The Labute approximate surface area is 264 Å². The summed E-state index contributed by atoms with van der Waals surface area (Å²) < 4.78 is 49.7. The molecule has 44 heavy (non-hydrogen) atoms. The van der Waals surface area contributed by atoms with Crippen LogP contribution in [0.3, 0.4) is 0 Å². The molecule has 3 fully saturated rings. The normalized spacial score (nSPS) is 23.8. The number of carbonyl (C=O) groups is 2. The highest BCUT2D eigenvalue weighted by atomic mass is 35.5. The van der Waals surface area contributed by atoms with Crippen molar-refractivity contribution in [2.75, 3.05) is 6.54 Å². The van der Waals surface area contributed by atoms with E-state index in [0.29, 0.717) is 21.2 Å². The van der Waals surface area contributed by atoms with Gasteiger partial charge in [0, 0.05) is 28.8 Å². The quantitative estimate of drug-likeness (QED) is 0.282. The third kappa shape index (κ3) is 5.95. The Morgan fingerprint density at radius 2 is 1.82 bits per heavy atom. The Bertz CT molecular complexity index is 1680. The zero-order valence-corrected chi connectivity index (χ0v) is 25.7. The van der Waals surface area contributed by atoms with Crippen LogP contribution in [0.1, 0.15) is 61.1 Å². The minimum absolute atomic E-state index is 0.0539. The van der Waals surface area contributed by atoms with Gasteiger partial charge in [0.1, 0.15) is 22.8 Å². The molecule has 0 bridgehead atoms. The molecule has 2 saturated carbocycles. The number of hydrogen-bond donors (Lipinski definition) is 2. The summed E-state index contributed by atoms with van der Waals surface area (Å²) >= 11 is 12.5. The van der Waals surface area contributed by atoms with Gasteiger partial charge in [-0.05, 0) is 79.1 Å². The van der Waals surface area contributed by atoms with Gasteiger partial charge >= 0.3 is 5.97 Å². The minimum Gasteiger partial charge on any atom is -0.481 e. The molecule has 0 unspecified atom stereocenters. The number of benzene rings is 2. The van der Waals surface area contributed by atoms with Crippen LogP contribution in [0.4, 0.5) is 4.39 Å². The number of rotatable bonds is 11. The highest BCUT2D eigenvalue weighted by Gasteiger charge is 2.59. The third-order valence-corrected chi connectivity index (χ3v) is 11.3. The molecule has 1 aromatic heterocycles. The number of halogens is 3. The molecule has 0 spiro atoms. The predicted molar refractivity (Wildman–Crippen MR) is 161 cm³/mol. The van der Waals surface area contributed by atoms with Crippen LogP contribution in [0.5, 0.6) is 0 Å². The van der Waals surface area contributed by atoms with Crippen molar-refractivity contribution in [2.45, 2.75) is 61.1 Å². The molecular formula is C31H30Cl2FN3O6S. The Morgan fingerprint density at radius 3 is 2.43 bits per heavy atom. The number of carboxylic acids is 1. The summed E-state index contributed by atoms with van der Waals surface area (Å²) in [5, 5.41) is 10.6. The van der Waals surface area contributed by atoms with Gasteiger partial charge < -0.3 is 14.7 Å². The summed E-state index contributed by atoms with van der Waals surface area (Å²) in [5.41, 5.74) is 1.17. The lowest BCUT2D eigenvalue weighted by atomic mass is 9.89. The van der Waals surface area contributed by atoms with Crippen molar-refractivity contribution in [1.29, 1.82) is 0 Å². The molecule has 0 radical (unpaired) electrons. The van der Waals surface area contributed by atoms with Crippen LogP contribution in [0.15, 0.2) is 66.9 Å². The van der Waals surface area contributed by atoms with Gasteiger partial charge in [-0.2, -0.15) is 0 Å². The van der Waals surface area contributed by atoms with Gasteiger partial charge in [-0.25, -0.2) is 17.5 Å². The predicted octanol–water partition coefficient (Wildman–Crippen LogP) is 5.40. The lowest BCUT2D eigenvalue weighted by Gasteiger charge is -2.48. The van der Waals surface area contributed by atoms with Crippen LogP contribution >= 0.6 is 23.2 Å². The van der Waals surface area contributed by atoms with Crippen molar-refractivity contribution < 1.29 is 32.2 Å². The van der Waals surface area contributed by atoms with E-state index in [-0.39, 0.29) is 31.0 Å². The fraction of sp³-hybridized carbons (Fsp3) is 0.387. The molecule has 2 N–H and O–H groups in total. The first-order chi connectivity index (χ1) is 21.0. The van der Waals surface area contributed by atoms with Crippen LogP contribution in [-0.4, -0.2) is 54.0 Å². The van der Waals surface area contributed by atoms with Crippen LogP contribution in [0.2, 0.25) is 10.0 Å². The monoisotopic (exact) mass is 661 g/mol. The van der Waals surface area contributed by atoms with E-state index in [1.165, 1.54) is 18.3 Å². The molecule has 1 saturated heterocycles. The number of carboxylic acid groups (broad SMARTS) is 1. The van der Waals surface area contributed by atoms with Gasteiger partial charge in [0.25, 0.3) is 5.91 Å². The van der Waals surface area contributed by atoms with E-state index >= 15 is 0 Å². The van der Waals surface area contributed by atoms with Crippen molar-refractivity contribution in [1.82, 2.24) is 14.6 Å². The van der Waals surface area contributed by atoms with Crippen LogP contribution in [0.25, 0.3) is 0 Å². The van der Waals surface area contributed by atoms with E-state index in [1.807, 2.05) is 0 Å². The number of nitrogens with one attached hydrogen (secondary N) is 1. The molecule has 1 aliphatic heterocycles. The number of ether oxygens (including phenoxy) is 1. The Kier molecular flexibility index (Phi) is 8.44.